The first-order chi connectivity index (χ1) is 11.3. The summed E-state index contributed by atoms with van der Waals surface area (Å²) >= 11 is 0. The van der Waals surface area contributed by atoms with Gasteiger partial charge in [-0.3, -0.25) is 0 Å². The van der Waals surface area contributed by atoms with Crippen LogP contribution in [0.5, 0.6) is 0 Å². The molecule has 4 rings (SSSR count). The molecule has 0 radical (unpaired) electrons. The summed E-state index contributed by atoms with van der Waals surface area (Å²) in [4.78, 5) is 11.5. The molecule has 0 fully saturated rings. The number of carbonyl (C=O) groups is 1. The van der Waals surface area contributed by atoms with Crippen LogP contribution in [0.4, 0.5) is 0 Å². The van der Waals surface area contributed by atoms with E-state index in [-0.39, 0.29) is 0 Å². The van der Waals surface area contributed by atoms with Crippen molar-refractivity contribution in [1.29, 1.82) is 0 Å². The van der Waals surface area contributed by atoms with Crippen molar-refractivity contribution in [1.82, 2.24) is 9.88 Å². The molecular weight excluding hydrogens is 288 g/mol. The number of nitrogens with zero attached hydrogens (tertiary/aromatic N) is 1. The highest BCUT2D eigenvalue weighted by Gasteiger charge is 2.20. The van der Waals surface area contributed by atoms with E-state index in [2.05, 4.69) is 28.1 Å². The highest BCUT2D eigenvalue weighted by Crippen LogP contribution is 2.29. The van der Waals surface area contributed by atoms with Gasteiger partial charge in [0.1, 0.15) is 0 Å². The number of carboxylic acids is 1. The second-order valence-electron chi connectivity index (χ2n) is 5.92. The summed E-state index contributed by atoms with van der Waals surface area (Å²) in [5.74, 6) is -0.868. The average molecular weight is 306 g/mol. The molecular formula is C19H18N2O2. The molecule has 4 heteroatoms. The second kappa shape index (κ2) is 5.56. The molecule has 0 atom stereocenters. The van der Waals surface area contributed by atoms with E-state index >= 15 is 0 Å². The Balaban J connectivity index is 1.89. The summed E-state index contributed by atoms with van der Waals surface area (Å²) < 4.78 is 2.28. The molecule has 0 aliphatic carbocycles. The lowest BCUT2D eigenvalue weighted by Crippen LogP contribution is -2.25. The van der Waals surface area contributed by atoms with Crippen LogP contribution in [0.2, 0.25) is 0 Å². The van der Waals surface area contributed by atoms with Crippen molar-refractivity contribution in [3.63, 3.8) is 0 Å². The summed E-state index contributed by atoms with van der Waals surface area (Å²) in [6.07, 6.45) is 0.971. The van der Waals surface area contributed by atoms with Gasteiger partial charge in [0.15, 0.2) is 0 Å². The molecule has 0 amide bonds. The SMILES string of the molecule is O=C(O)c1ccccc1Cn1c2c(c3ccccc31)CNCC2. The van der Waals surface area contributed by atoms with Gasteiger partial charge in [0, 0.05) is 42.7 Å². The Bertz CT molecular complexity index is 896. The highest BCUT2D eigenvalue weighted by atomic mass is 16.4. The molecule has 2 aromatic carbocycles. The average Bonchev–Trinajstić information content (AvgIpc) is 2.90. The number of para-hydroxylation sites is 1. The summed E-state index contributed by atoms with van der Waals surface area (Å²) in [7, 11) is 0. The van der Waals surface area contributed by atoms with Crippen molar-refractivity contribution in [2.45, 2.75) is 19.5 Å². The Morgan fingerprint density at radius 1 is 1.13 bits per heavy atom. The van der Waals surface area contributed by atoms with Gasteiger partial charge < -0.3 is 15.0 Å². The van der Waals surface area contributed by atoms with Crippen molar-refractivity contribution < 1.29 is 9.90 Å². The number of fused-ring (bicyclic) bond motifs is 3. The number of aromatic carboxylic acids is 1. The molecule has 2 N–H and O–H groups in total. The third-order valence-corrected chi connectivity index (χ3v) is 4.61. The smallest absolute Gasteiger partial charge is 0.336 e. The fraction of sp³-hybridized carbons (Fsp3) is 0.211. The predicted octanol–water partition coefficient (Wildman–Crippen LogP) is 3.03. The monoisotopic (exact) mass is 306 g/mol. The predicted molar refractivity (Wildman–Crippen MR) is 89.9 cm³/mol. The van der Waals surface area contributed by atoms with E-state index in [0.29, 0.717) is 12.1 Å². The quantitative estimate of drug-likeness (QED) is 0.782. The number of hydrogen-bond acceptors (Lipinski definition) is 2. The Labute approximate surface area is 134 Å². The van der Waals surface area contributed by atoms with Crippen LogP contribution < -0.4 is 5.32 Å². The van der Waals surface area contributed by atoms with Gasteiger partial charge in [-0.1, -0.05) is 36.4 Å². The van der Waals surface area contributed by atoms with Gasteiger partial charge in [-0.05, 0) is 23.3 Å². The maximum absolute atomic E-state index is 11.5. The third-order valence-electron chi connectivity index (χ3n) is 4.61. The van der Waals surface area contributed by atoms with Crippen molar-refractivity contribution in [2.75, 3.05) is 6.54 Å². The van der Waals surface area contributed by atoms with Crippen molar-refractivity contribution in [3.05, 3.63) is 70.9 Å². The van der Waals surface area contributed by atoms with Gasteiger partial charge in [0.2, 0.25) is 0 Å². The van der Waals surface area contributed by atoms with Crippen LogP contribution in [0.1, 0.15) is 27.2 Å². The minimum absolute atomic E-state index is 0.382. The summed E-state index contributed by atoms with van der Waals surface area (Å²) in [5, 5.41) is 14.1. The van der Waals surface area contributed by atoms with E-state index in [0.717, 1.165) is 25.1 Å². The Hall–Kier alpha value is -2.59. The van der Waals surface area contributed by atoms with E-state index in [1.54, 1.807) is 12.1 Å². The molecule has 1 aliphatic rings. The summed E-state index contributed by atoms with van der Waals surface area (Å²) in [5.41, 5.74) is 5.08. The molecule has 0 unspecified atom stereocenters. The first kappa shape index (κ1) is 14.0. The maximum Gasteiger partial charge on any atom is 0.336 e. The zero-order chi connectivity index (χ0) is 15.8. The summed E-state index contributed by atoms with van der Waals surface area (Å²) in [6, 6.07) is 15.6. The molecule has 4 nitrogen and oxygen atoms in total. The number of nitrogens with one attached hydrogen (secondary N) is 1. The second-order valence-corrected chi connectivity index (χ2v) is 5.92. The van der Waals surface area contributed by atoms with Crippen molar-refractivity contribution >= 4 is 16.9 Å². The standard InChI is InChI=1S/C19H18N2O2/c22-19(23)14-6-2-1-5-13(14)12-21-17-8-4-3-7-15(17)16-11-20-10-9-18(16)21/h1-8,20H,9-12H2,(H,22,23). The number of hydrogen-bond donors (Lipinski definition) is 2. The van der Waals surface area contributed by atoms with E-state index in [9.17, 15) is 9.90 Å². The lowest BCUT2D eigenvalue weighted by molar-refractivity contribution is 0.0695. The number of carboxylic acid groups (broad SMARTS) is 1. The van der Waals surface area contributed by atoms with Crippen LogP contribution in [0, 0.1) is 0 Å². The van der Waals surface area contributed by atoms with E-state index < -0.39 is 5.97 Å². The molecule has 0 saturated carbocycles. The van der Waals surface area contributed by atoms with Crippen LogP contribution in [0.25, 0.3) is 10.9 Å². The fourth-order valence-corrected chi connectivity index (χ4v) is 3.55. The van der Waals surface area contributed by atoms with Crippen molar-refractivity contribution in [2.24, 2.45) is 0 Å². The van der Waals surface area contributed by atoms with Gasteiger partial charge in [0.25, 0.3) is 0 Å². The van der Waals surface area contributed by atoms with Gasteiger partial charge in [-0.25, -0.2) is 4.79 Å². The van der Waals surface area contributed by atoms with E-state index in [1.165, 1.54) is 22.2 Å². The third kappa shape index (κ3) is 2.32. The van der Waals surface area contributed by atoms with Crippen LogP contribution in [-0.4, -0.2) is 22.2 Å². The molecule has 116 valence electrons. The first-order valence-electron chi connectivity index (χ1n) is 7.86. The maximum atomic E-state index is 11.5. The lowest BCUT2D eigenvalue weighted by Gasteiger charge is -2.18. The van der Waals surface area contributed by atoms with Gasteiger partial charge in [0.05, 0.1) is 5.56 Å². The fourth-order valence-electron chi connectivity index (χ4n) is 3.55. The molecule has 23 heavy (non-hydrogen) atoms. The normalized spacial score (nSPS) is 13.9. The first-order valence-corrected chi connectivity index (χ1v) is 7.86. The molecule has 0 bridgehead atoms. The van der Waals surface area contributed by atoms with Crippen LogP contribution in [0.3, 0.4) is 0 Å². The van der Waals surface area contributed by atoms with Gasteiger partial charge in [-0.15, -0.1) is 0 Å². The van der Waals surface area contributed by atoms with E-state index in [1.807, 2.05) is 18.2 Å². The Morgan fingerprint density at radius 2 is 1.91 bits per heavy atom. The van der Waals surface area contributed by atoms with Crippen LogP contribution >= 0.6 is 0 Å². The number of rotatable bonds is 3. The van der Waals surface area contributed by atoms with Crippen LogP contribution in [-0.2, 0) is 19.5 Å². The Morgan fingerprint density at radius 3 is 2.78 bits per heavy atom. The molecule has 2 heterocycles. The van der Waals surface area contributed by atoms with E-state index in [4.69, 9.17) is 0 Å². The molecule has 0 spiro atoms. The van der Waals surface area contributed by atoms with Crippen molar-refractivity contribution in [3.8, 4) is 0 Å². The van der Waals surface area contributed by atoms with Gasteiger partial charge in [-0.2, -0.15) is 0 Å². The molecule has 1 aliphatic heterocycles. The minimum Gasteiger partial charge on any atom is -0.478 e. The minimum atomic E-state index is -0.868. The largest absolute Gasteiger partial charge is 0.478 e. The number of benzene rings is 2. The lowest BCUT2D eigenvalue weighted by atomic mass is 10.1. The molecule has 0 saturated heterocycles. The van der Waals surface area contributed by atoms with Gasteiger partial charge >= 0.3 is 5.97 Å². The zero-order valence-electron chi connectivity index (χ0n) is 12.7. The molecule has 3 aromatic rings. The molecule has 1 aromatic heterocycles. The topological polar surface area (TPSA) is 54.3 Å². The summed E-state index contributed by atoms with van der Waals surface area (Å²) in [6.45, 7) is 2.44. The zero-order valence-corrected chi connectivity index (χ0v) is 12.7. The number of aromatic nitrogens is 1. The Kier molecular flexibility index (Phi) is 3.39. The van der Waals surface area contributed by atoms with Crippen LogP contribution in [0.15, 0.2) is 48.5 Å². The highest BCUT2D eigenvalue weighted by molar-refractivity contribution is 5.90.